The average molecular weight is 187 g/mol. The molecule has 13 heavy (non-hydrogen) atoms. The first-order chi connectivity index (χ1) is 6.07. The van der Waals surface area contributed by atoms with Crippen LogP contribution in [0.25, 0.3) is 0 Å². The first-order valence-corrected chi connectivity index (χ1v) is 4.61. The molecule has 0 amide bonds. The number of aliphatic carboxylic acids is 1. The molecule has 1 saturated heterocycles. The highest BCUT2D eigenvalue weighted by molar-refractivity contribution is 5.75. The Kier molecular flexibility index (Phi) is 3.27. The van der Waals surface area contributed by atoms with E-state index in [2.05, 4.69) is 5.32 Å². The number of rotatable bonds is 4. The van der Waals surface area contributed by atoms with Crippen molar-refractivity contribution in [3.8, 4) is 0 Å². The van der Waals surface area contributed by atoms with Crippen molar-refractivity contribution in [2.45, 2.75) is 26.3 Å². The van der Waals surface area contributed by atoms with Gasteiger partial charge in [-0.2, -0.15) is 0 Å². The highest BCUT2D eigenvalue weighted by Gasteiger charge is 2.42. The predicted molar refractivity (Wildman–Crippen MR) is 48.6 cm³/mol. The van der Waals surface area contributed by atoms with Crippen LogP contribution in [-0.2, 0) is 9.53 Å². The Morgan fingerprint density at radius 3 is 2.77 bits per heavy atom. The van der Waals surface area contributed by atoms with Crippen LogP contribution >= 0.6 is 0 Å². The third-order valence-corrected chi connectivity index (χ3v) is 2.41. The van der Waals surface area contributed by atoms with Gasteiger partial charge >= 0.3 is 5.97 Å². The maximum Gasteiger partial charge on any atom is 0.313 e. The van der Waals surface area contributed by atoms with Gasteiger partial charge in [-0.05, 0) is 6.42 Å². The van der Waals surface area contributed by atoms with Crippen molar-refractivity contribution >= 4 is 5.97 Å². The van der Waals surface area contributed by atoms with Crippen LogP contribution in [0.2, 0.25) is 0 Å². The van der Waals surface area contributed by atoms with E-state index in [1.54, 1.807) is 0 Å². The molecule has 0 aliphatic carbocycles. The minimum atomic E-state index is -0.752. The second-order valence-corrected chi connectivity index (χ2v) is 3.92. The quantitative estimate of drug-likeness (QED) is 0.672. The van der Waals surface area contributed by atoms with Gasteiger partial charge in [0.25, 0.3) is 0 Å². The molecule has 1 heterocycles. The Morgan fingerprint density at radius 2 is 2.38 bits per heavy atom. The molecular weight excluding hydrogens is 170 g/mol. The van der Waals surface area contributed by atoms with Gasteiger partial charge in [-0.25, -0.2) is 0 Å². The molecule has 0 bridgehead atoms. The van der Waals surface area contributed by atoms with Crippen LogP contribution in [0, 0.1) is 5.41 Å². The third kappa shape index (κ3) is 2.42. The number of carbonyl (C=O) groups is 1. The fourth-order valence-electron chi connectivity index (χ4n) is 1.39. The van der Waals surface area contributed by atoms with E-state index < -0.39 is 11.4 Å². The van der Waals surface area contributed by atoms with Gasteiger partial charge in [-0.1, -0.05) is 13.8 Å². The van der Waals surface area contributed by atoms with E-state index in [-0.39, 0.29) is 0 Å². The largest absolute Gasteiger partial charge is 0.481 e. The average Bonchev–Trinajstić information content (AvgIpc) is 2.50. The molecule has 4 nitrogen and oxygen atoms in total. The lowest BCUT2D eigenvalue weighted by atomic mass is 9.87. The van der Waals surface area contributed by atoms with Gasteiger partial charge in [0, 0.05) is 19.2 Å². The molecule has 0 aromatic carbocycles. The van der Waals surface area contributed by atoms with E-state index in [1.807, 2.05) is 13.8 Å². The molecule has 1 aliphatic heterocycles. The van der Waals surface area contributed by atoms with E-state index in [4.69, 9.17) is 9.84 Å². The molecule has 1 atom stereocenters. The van der Waals surface area contributed by atoms with E-state index in [0.29, 0.717) is 32.2 Å². The first kappa shape index (κ1) is 10.5. The summed E-state index contributed by atoms with van der Waals surface area (Å²) in [5, 5.41) is 12.2. The molecule has 1 unspecified atom stereocenters. The topological polar surface area (TPSA) is 58.6 Å². The minimum absolute atomic E-state index is 0.317. The fourth-order valence-corrected chi connectivity index (χ4v) is 1.39. The van der Waals surface area contributed by atoms with Gasteiger partial charge in [-0.15, -0.1) is 0 Å². The van der Waals surface area contributed by atoms with Gasteiger partial charge in [0.1, 0.15) is 5.41 Å². The molecule has 0 spiro atoms. The molecule has 2 N–H and O–H groups in total. The van der Waals surface area contributed by atoms with Crippen molar-refractivity contribution in [3.05, 3.63) is 0 Å². The maximum atomic E-state index is 11.0. The minimum Gasteiger partial charge on any atom is -0.481 e. The van der Waals surface area contributed by atoms with Crippen LogP contribution in [0.5, 0.6) is 0 Å². The summed E-state index contributed by atoms with van der Waals surface area (Å²) in [7, 11) is 0. The smallest absolute Gasteiger partial charge is 0.313 e. The number of hydrogen-bond donors (Lipinski definition) is 2. The van der Waals surface area contributed by atoms with Crippen molar-refractivity contribution in [3.63, 3.8) is 0 Å². The van der Waals surface area contributed by atoms with E-state index in [0.717, 1.165) is 0 Å². The van der Waals surface area contributed by atoms with Crippen LogP contribution in [0.1, 0.15) is 20.3 Å². The Bertz CT molecular complexity index is 185. The second kappa shape index (κ2) is 4.07. The molecule has 76 valence electrons. The lowest BCUT2D eigenvalue weighted by molar-refractivity contribution is -0.148. The highest BCUT2D eigenvalue weighted by atomic mass is 16.5. The predicted octanol–water partition coefficient (Wildman–Crippen LogP) is 0.476. The summed E-state index contributed by atoms with van der Waals surface area (Å²) in [6, 6.07) is 0.317. The molecule has 0 aromatic rings. The zero-order valence-electron chi connectivity index (χ0n) is 8.17. The molecule has 0 radical (unpaired) electrons. The molecule has 0 aromatic heterocycles. The third-order valence-electron chi connectivity index (χ3n) is 2.41. The number of ether oxygens (including phenoxy) is 1. The van der Waals surface area contributed by atoms with Crippen molar-refractivity contribution < 1.29 is 14.6 Å². The number of carboxylic acids is 1. The van der Waals surface area contributed by atoms with Crippen LogP contribution in [-0.4, -0.2) is 36.9 Å². The summed E-state index contributed by atoms with van der Waals surface area (Å²) in [5.74, 6) is -0.752. The summed E-state index contributed by atoms with van der Waals surface area (Å²) in [6.45, 7) is 5.41. The summed E-state index contributed by atoms with van der Waals surface area (Å²) in [6.07, 6.45) is 0.613. The molecule has 1 aliphatic rings. The van der Waals surface area contributed by atoms with Gasteiger partial charge < -0.3 is 15.2 Å². The summed E-state index contributed by atoms with van der Waals surface area (Å²) in [4.78, 5) is 11.0. The van der Waals surface area contributed by atoms with Crippen molar-refractivity contribution in [2.75, 3.05) is 19.8 Å². The fraction of sp³-hybridized carbons (Fsp3) is 0.889. The number of carboxylic acid groups (broad SMARTS) is 1. The van der Waals surface area contributed by atoms with Crippen LogP contribution in [0.4, 0.5) is 0 Å². The molecule has 4 heteroatoms. The van der Waals surface area contributed by atoms with Crippen LogP contribution in [0.3, 0.4) is 0 Å². The Morgan fingerprint density at radius 1 is 1.69 bits per heavy atom. The Labute approximate surface area is 78.3 Å². The van der Waals surface area contributed by atoms with E-state index >= 15 is 0 Å². The van der Waals surface area contributed by atoms with Gasteiger partial charge in [0.15, 0.2) is 0 Å². The Hall–Kier alpha value is -0.610. The molecule has 1 rings (SSSR count). The summed E-state index contributed by atoms with van der Waals surface area (Å²) in [5.41, 5.74) is -0.690. The molecular formula is C9H17NO3. The van der Waals surface area contributed by atoms with Gasteiger partial charge in [0.05, 0.1) is 6.61 Å². The van der Waals surface area contributed by atoms with E-state index in [1.165, 1.54) is 0 Å². The van der Waals surface area contributed by atoms with E-state index in [9.17, 15) is 4.79 Å². The first-order valence-electron chi connectivity index (χ1n) is 4.61. The van der Waals surface area contributed by atoms with Crippen molar-refractivity contribution in [1.82, 2.24) is 5.32 Å². The lowest BCUT2D eigenvalue weighted by Gasteiger charge is -2.23. The number of hydrogen-bond acceptors (Lipinski definition) is 3. The normalized spacial score (nSPS) is 28.2. The van der Waals surface area contributed by atoms with Crippen molar-refractivity contribution in [2.24, 2.45) is 5.41 Å². The van der Waals surface area contributed by atoms with Gasteiger partial charge in [0.2, 0.25) is 0 Å². The number of nitrogens with one attached hydrogen (secondary N) is 1. The maximum absolute atomic E-state index is 11.0. The zero-order valence-corrected chi connectivity index (χ0v) is 8.17. The zero-order chi connectivity index (χ0) is 9.90. The van der Waals surface area contributed by atoms with Crippen molar-refractivity contribution in [1.29, 1.82) is 0 Å². The summed E-state index contributed by atoms with van der Waals surface area (Å²) >= 11 is 0. The highest BCUT2D eigenvalue weighted by Crippen LogP contribution is 2.28. The second-order valence-electron chi connectivity index (χ2n) is 3.92. The standard InChI is InChI=1S/C9H17NO3/c1-7(2)10-5-9(8(11)12)3-4-13-6-9/h7,10H,3-6H2,1-2H3,(H,11,12). The summed E-state index contributed by atoms with van der Waals surface area (Å²) < 4.78 is 5.13. The molecule has 0 saturated carbocycles. The SMILES string of the molecule is CC(C)NCC1(C(=O)O)CCOC1. The monoisotopic (exact) mass is 187 g/mol. The lowest BCUT2D eigenvalue weighted by Crippen LogP contribution is -2.43. The van der Waals surface area contributed by atoms with Gasteiger partial charge in [-0.3, -0.25) is 4.79 Å². The molecule has 1 fully saturated rings. The van der Waals surface area contributed by atoms with Crippen LogP contribution < -0.4 is 5.32 Å². The van der Waals surface area contributed by atoms with Crippen LogP contribution in [0.15, 0.2) is 0 Å². The Balaban J connectivity index is 2.52.